The number of nitrogens with one attached hydrogen (secondary N) is 1. The number of likely N-dealkylation sites (N-methyl/N-ethyl adjacent to an activating group) is 1. The summed E-state index contributed by atoms with van der Waals surface area (Å²) in [5.74, 6) is -0.438. The molecule has 1 unspecified atom stereocenters. The monoisotopic (exact) mass is 278 g/mol. The zero-order chi connectivity index (χ0) is 13.0. The van der Waals surface area contributed by atoms with Crippen molar-refractivity contribution < 1.29 is 4.39 Å². The molecule has 0 spiro atoms. The molecule has 17 heavy (non-hydrogen) atoms. The van der Waals surface area contributed by atoms with Gasteiger partial charge in [-0.3, -0.25) is 0 Å². The maximum Gasteiger partial charge on any atom is 0.142 e. The van der Waals surface area contributed by atoms with Crippen LogP contribution in [0.3, 0.4) is 0 Å². The van der Waals surface area contributed by atoms with E-state index in [1.165, 1.54) is 12.1 Å². The second-order valence-corrected chi connectivity index (χ2v) is 5.02. The van der Waals surface area contributed by atoms with E-state index in [-0.39, 0.29) is 11.1 Å². The van der Waals surface area contributed by atoms with Gasteiger partial charge in [-0.1, -0.05) is 23.2 Å². The van der Waals surface area contributed by atoms with Gasteiger partial charge in [-0.15, -0.1) is 0 Å². The van der Waals surface area contributed by atoms with Crippen LogP contribution >= 0.6 is 23.2 Å². The average Bonchev–Trinajstić information content (AvgIpc) is 2.23. The van der Waals surface area contributed by atoms with E-state index >= 15 is 0 Å². The Morgan fingerprint density at radius 2 is 2.00 bits per heavy atom. The highest BCUT2D eigenvalue weighted by Gasteiger charge is 2.16. The third-order valence-electron chi connectivity index (χ3n) is 2.52. The minimum atomic E-state index is -0.438. The quantitative estimate of drug-likeness (QED) is 0.831. The van der Waals surface area contributed by atoms with Crippen molar-refractivity contribution in [1.82, 2.24) is 10.2 Å². The first-order valence-corrected chi connectivity index (χ1v) is 6.20. The Bertz CT molecular complexity index is 383. The number of rotatable bonds is 5. The van der Waals surface area contributed by atoms with E-state index in [0.29, 0.717) is 10.6 Å². The first-order valence-electron chi connectivity index (χ1n) is 5.45. The van der Waals surface area contributed by atoms with Gasteiger partial charge >= 0.3 is 0 Å². The first kappa shape index (κ1) is 14.7. The molecule has 1 aromatic rings. The summed E-state index contributed by atoms with van der Waals surface area (Å²) in [5, 5.41) is 3.85. The fourth-order valence-corrected chi connectivity index (χ4v) is 2.24. The Hall–Kier alpha value is -0.350. The Labute approximate surface area is 112 Å². The summed E-state index contributed by atoms with van der Waals surface area (Å²) in [5.41, 5.74) is 0.618. The van der Waals surface area contributed by atoms with Crippen LogP contribution in [0.2, 0.25) is 10.0 Å². The third-order valence-corrected chi connectivity index (χ3v) is 3.24. The second kappa shape index (κ2) is 6.55. The van der Waals surface area contributed by atoms with Crippen LogP contribution in [0.1, 0.15) is 18.5 Å². The summed E-state index contributed by atoms with van der Waals surface area (Å²) in [6, 6.07) is 2.73. The molecule has 1 rings (SSSR count). The summed E-state index contributed by atoms with van der Waals surface area (Å²) in [6.45, 7) is 3.61. The molecule has 0 bridgehead atoms. The van der Waals surface area contributed by atoms with Crippen LogP contribution in [0, 0.1) is 5.82 Å². The maximum absolute atomic E-state index is 13.3. The van der Waals surface area contributed by atoms with Crippen molar-refractivity contribution in [2.45, 2.75) is 13.0 Å². The van der Waals surface area contributed by atoms with Crippen LogP contribution in [0.5, 0.6) is 0 Å². The van der Waals surface area contributed by atoms with E-state index in [2.05, 4.69) is 10.2 Å². The normalized spacial score (nSPS) is 13.1. The molecular weight excluding hydrogens is 262 g/mol. The van der Waals surface area contributed by atoms with Gasteiger partial charge in [0.2, 0.25) is 0 Å². The smallest absolute Gasteiger partial charge is 0.142 e. The molecule has 1 aromatic carbocycles. The van der Waals surface area contributed by atoms with E-state index in [4.69, 9.17) is 23.2 Å². The predicted molar refractivity (Wildman–Crippen MR) is 71.4 cm³/mol. The zero-order valence-electron chi connectivity index (χ0n) is 10.2. The maximum atomic E-state index is 13.3. The highest BCUT2D eigenvalue weighted by Crippen LogP contribution is 2.32. The summed E-state index contributed by atoms with van der Waals surface area (Å²) in [4.78, 5) is 2.06. The van der Waals surface area contributed by atoms with Crippen molar-refractivity contribution in [3.05, 3.63) is 33.6 Å². The van der Waals surface area contributed by atoms with Gasteiger partial charge in [-0.25, -0.2) is 4.39 Å². The van der Waals surface area contributed by atoms with Crippen LogP contribution in [-0.2, 0) is 0 Å². The van der Waals surface area contributed by atoms with Crippen LogP contribution in [0.4, 0.5) is 4.39 Å². The molecule has 0 aliphatic heterocycles. The Balaban J connectivity index is 2.74. The minimum Gasteiger partial charge on any atom is -0.309 e. The number of halogens is 3. The van der Waals surface area contributed by atoms with Gasteiger partial charge in [0.25, 0.3) is 0 Å². The predicted octanol–water partition coefficient (Wildman–Crippen LogP) is 3.34. The zero-order valence-corrected chi connectivity index (χ0v) is 11.7. The highest BCUT2D eigenvalue weighted by molar-refractivity contribution is 6.36. The van der Waals surface area contributed by atoms with Crippen molar-refractivity contribution in [2.24, 2.45) is 0 Å². The lowest BCUT2D eigenvalue weighted by Crippen LogP contribution is -2.28. The van der Waals surface area contributed by atoms with Crippen LogP contribution < -0.4 is 5.32 Å². The van der Waals surface area contributed by atoms with E-state index in [0.717, 1.165) is 13.1 Å². The molecule has 0 heterocycles. The van der Waals surface area contributed by atoms with Crippen molar-refractivity contribution >= 4 is 23.2 Å². The molecule has 2 nitrogen and oxygen atoms in total. The van der Waals surface area contributed by atoms with Crippen molar-refractivity contribution in [3.63, 3.8) is 0 Å². The summed E-state index contributed by atoms with van der Waals surface area (Å²) >= 11 is 12.0. The molecule has 0 aromatic heterocycles. The highest BCUT2D eigenvalue weighted by atomic mass is 35.5. The van der Waals surface area contributed by atoms with Gasteiger partial charge in [-0.05, 0) is 33.2 Å². The second-order valence-electron chi connectivity index (χ2n) is 4.24. The average molecular weight is 279 g/mol. The van der Waals surface area contributed by atoms with Crippen molar-refractivity contribution in [1.29, 1.82) is 0 Å². The van der Waals surface area contributed by atoms with Crippen LogP contribution in [0.15, 0.2) is 12.1 Å². The number of hydrogen-bond acceptors (Lipinski definition) is 2. The molecule has 0 saturated heterocycles. The minimum absolute atomic E-state index is 0.0781. The van der Waals surface area contributed by atoms with E-state index in [9.17, 15) is 4.39 Å². The van der Waals surface area contributed by atoms with Gasteiger partial charge in [0.1, 0.15) is 5.82 Å². The molecule has 0 saturated carbocycles. The molecule has 5 heteroatoms. The molecule has 0 amide bonds. The van der Waals surface area contributed by atoms with Crippen LogP contribution in [0.25, 0.3) is 0 Å². The molecule has 0 aliphatic carbocycles. The SMILES string of the molecule is CC(NCCN(C)C)c1c(Cl)ccc(F)c1Cl. The summed E-state index contributed by atoms with van der Waals surface area (Å²) in [6.07, 6.45) is 0. The lowest BCUT2D eigenvalue weighted by molar-refractivity contribution is 0.389. The third kappa shape index (κ3) is 4.11. The molecule has 0 aliphatic rings. The number of benzene rings is 1. The Kier molecular flexibility index (Phi) is 5.67. The lowest BCUT2D eigenvalue weighted by atomic mass is 10.1. The van der Waals surface area contributed by atoms with Crippen LogP contribution in [-0.4, -0.2) is 32.1 Å². The summed E-state index contributed by atoms with van der Waals surface area (Å²) in [7, 11) is 3.99. The Morgan fingerprint density at radius 3 is 2.59 bits per heavy atom. The molecule has 0 radical (unpaired) electrons. The molecule has 0 fully saturated rings. The lowest BCUT2D eigenvalue weighted by Gasteiger charge is -2.19. The fraction of sp³-hybridized carbons (Fsp3) is 0.500. The van der Waals surface area contributed by atoms with Crippen molar-refractivity contribution in [2.75, 3.05) is 27.2 Å². The molecular formula is C12H17Cl2FN2. The summed E-state index contributed by atoms with van der Waals surface area (Å²) < 4.78 is 13.3. The van der Waals surface area contributed by atoms with Gasteiger partial charge in [0.15, 0.2) is 0 Å². The van der Waals surface area contributed by atoms with Gasteiger partial charge in [0.05, 0.1) is 5.02 Å². The Morgan fingerprint density at radius 1 is 1.35 bits per heavy atom. The number of hydrogen-bond donors (Lipinski definition) is 1. The van der Waals surface area contributed by atoms with Gasteiger partial charge in [-0.2, -0.15) is 0 Å². The largest absolute Gasteiger partial charge is 0.309 e. The first-order chi connectivity index (χ1) is 7.93. The van der Waals surface area contributed by atoms with E-state index < -0.39 is 5.82 Å². The molecule has 1 N–H and O–H groups in total. The number of nitrogens with zero attached hydrogens (tertiary/aromatic N) is 1. The van der Waals surface area contributed by atoms with E-state index in [1.54, 1.807) is 0 Å². The van der Waals surface area contributed by atoms with Crippen molar-refractivity contribution in [3.8, 4) is 0 Å². The van der Waals surface area contributed by atoms with Gasteiger partial charge < -0.3 is 10.2 Å². The van der Waals surface area contributed by atoms with Gasteiger partial charge in [0, 0.05) is 29.7 Å². The molecule has 96 valence electrons. The standard InChI is InChI=1S/C12H17Cl2FN2/c1-8(16-6-7-17(2)3)11-9(13)4-5-10(15)12(11)14/h4-5,8,16H,6-7H2,1-3H3. The molecule has 1 atom stereocenters. The fourth-order valence-electron chi connectivity index (χ4n) is 1.55. The van der Waals surface area contributed by atoms with E-state index in [1.807, 2.05) is 21.0 Å². The topological polar surface area (TPSA) is 15.3 Å².